The highest BCUT2D eigenvalue weighted by Crippen LogP contribution is 2.26. The van der Waals surface area contributed by atoms with Crippen molar-refractivity contribution < 1.29 is 0 Å². The van der Waals surface area contributed by atoms with Gasteiger partial charge in [-0.05, 0) is 43.7 Å². The number of nitrogens with zero attached hydrogens (tertiary/aromatic N) is 2. The summed E-state index contributed by atoms with van der Waals surface area (Å²) in [4.78, 5) is 6.63. The number of hydrogen-bond acceptors (Lipinski definition) is 2. The van der Waals surface area contributed by atoms with Gasteiger partial charge < -0.3 is 4.90 Å². The highest BCUT2D eigenvalue weighted by atomic mass is 35.5. The van der Waals surface area contributed by atoms with Crippen LogP contribution in [0.1, 0.15) is 24.8 Å². The zero-order valence-corrected chi connectivity index (χ0v) is 10.6. The Balaban J connectivity index is 2.07. The smallest absolute Gasteiger partial charge is 0.0426 e. The molecule has 0 amide bonds. The van der Waals surface area contributed by atoms with Crippen LogP contribution in [0, 0.1) is 12.8 Å². The van der Waals surface area contributed by atoms with Crippen LogP contribution in [0.3, 0.4) is 0 Å². The maximum absolute atomic E-state index is 5.83. The van der Waals surface area contributed by atoms with E-state index in [1.54, 1.807) is 0 Å². The first kappa shape index (κ1) is 11.7. The Morgan fingerprint density at radius 1 is 1.56 bits per heavy atom. The molecule has 1 aliphatic heterocycles. The molecule has 88 valence electrons. The van der Waals surface area contributed by atoms with E-state index in [1.165, 1.54) is 30.6 Å². The molecule has 1 fully saturated rings. The molecular formula is C13H19ClN2. The predicted molar refractivity (Wildman–Crippen MR) is 69.2 cm³/mol. The largest absolute Gasteiger partial charge is 0.371 e. The van der Waals surface area contributed by atoms with Crippen molar-refractivity contribution in [2.75, 3.05) is 23.9 Å². The molecule has 2 heterocycles. The van der Waals surface area contributed by atoms with Gasteiger partial charge in [0.05, 0.1) is 0 Å². The van der Waals surface area contributed by atoms with Crippen molar-refractivity contribution in [3.63, 3.8) is 0 Å². The Morgan fingerprint density at radius 2 is 2.44 bits per heavy atom. The van der Waals surface area contributed by atoms with Gasteiger partial charge in [-0.2, -0.15) is 0 Å². The molecule has 0 aromatic carbocycles. The van der Waals surface area contributed by atoms with Gasteiger partial charge in [0.15, 0.2) is 0 Å². The van der Waals surface area contributed by atoms with Gasteiger partial charge >= 0.3 is 0 Å². The number of aryl methyl sites for hydroxylation is 1. The van der Waals surface area contributed by atoms with E-state index < -0.39 is 0 Å². The zero-order chi connectivity index (χ0) is 11.4. The van der Waals surface area contributed by atoms with Gasteiger partial charge in [-0.15, -0.1) is 11.6 Å². The molecule has 0 N–H and O–H groups in total. The van der Waals surface area contributed by atoms with Gasteiger partial charge in [0.25, 0.3) is 0 Å². The van der Waals surface area contributed by atoms with Gasteiger partial charge in [-0.25, -0.2) is 0 Å². The molecule has 0 saturated carbocycles. The summed E-state index contributed by atoms with van der Waals surface area (Å²) in [6.45, 7) is 4.45. The topological polar surface area (TPSA) is 16.1 Å². The normalized spacial score (nSPS) is 21.1. The second kappa shape index (κ2) is 5.53. The molecule has 1 atom stereocenters. The maximum atomic E-state index is 5.83. The number of halogens is 1. The molecule has 0 radical (unpaired) electrons. The molecule has 16 heavy (non-hydrogen) atoms. The molecule has 1 unspecified atom stereocenters. The second-order valence-electron chi connectivity index (χ2n) is 4.59. The fourth-order valence-corrected chi connectivity index (χ4v) is 2.80. The Labute approximate surface area is 103 Å². The summed E-state index contributed by atoms with van der Waals surface area (Å²) >= 11 is 5.83. The van der Waals surface area contributed by atoms with E-state index in [1.807, 2.05) is 12.4 Å². The molecule has 0 aliphatic carbocycles. The van der Waals surface area contributed by atoms with Crippen molar-refractivity contribution in [1.82, 2.24) is 4.98 Å². The summed E-state index contributed by atoms with van der Waals surface area (Å²) in [7, 11) is 0. The third-order valence-electron chi connectivity index (χ3n) is 3.37. The van der Waals surface area contributed by atoms with Crippen LogP contribution in [0.25, 0.3) is 0 Å². The maximum Gasteiger partial charge on any atom is 0.0426 e. The lowest BCUT2D eigenvalue weighted by atomic mass is 9.95. The molecule has 1 aromatic heterocycles. The van der Waals surface area contributed by atoms with Crippen molar-refractivity contribution in [1.29, 1.82) is 0 Å². The molecule has 1 aromatic rings. The number of piperidine rings is 1. The Kier molecular flexibility index (Phi) is 4.05. The third-order valence-corrected chi connectivity index (χ3v) is 3.59. The first-order valence-corrected chi connectivity index (χ1v) is 6.56. The quantitative estimate of drug-likeness (QED) is 0.752. The Bertz CT molecular complexity index is 338. The van der Waals surface area contributed by atoms with Crippen LogP contribution in [0.15, 0.2) is 18.5 Å². The zero-order valence-electron chi connectivity index (χ0n) is 9.82. The van der Waals surface area contributed by atoms with E-state index >= 15 is 0 Å². The first-order valence-electron chi connectivity index (χ1n) is 6.03. The number of hydrogen-bond donors (Lipinski definition) is 0. The summed E-state index contributed by atoms with van der Waals surface area (Å²) in [6.07, 6.45) is 7.58. The van der Waals surface area contributed by atoms with Crippen LogP contribution in [0.5, 0.6) is 0 Å². The molecule has 0 bridgehead atoms. The average molecular weight is 239 g/mol. The minimum atomic E-state index is 0.763. The number of alkyl halides is 1. The second-order valence-corrected chi connectivity index (χ2v) is 4.97. The van der Waals surface area contributed by atoms with Crippen molar-refractivity contribution in [2.45, 2.75) is 26.2 Å². The fraction of sp³-hybridized carbons (Fsp3) is 0.615. The number of aromatic nitrogens is 1. The summed E-state index contributed by atoms with van der Waals surface area (Å²) in [6, 6.07) is 2.12. The average Bonchev–Trinajstić information content (AvgIpc) is 2.30. The van der Waals surface area contributed by atoms with Crippen LogP contribution in [0.4, 0.5) is 5.69 Å². The van der Waals surface area contributed by atoms with Crippen LogP contribution < -0.4 is 4.90 Å². The summed E-state index contributed by atoms with van der Waals surface area (Å²) < 4.78 is 0. The van der Waals surface area contributed by atoms with E-state index in [4.69, 9.17) is 11.6 Å². The Hall–Kier alpha value is -0.760. The summed E-state index contributed by atoms with van der Waals surface area (Å²) in [5.41, 5.74) is 2.61. The van der Waals surface area contributed by atoms with E-state index in [2.05, 4.69) is 22.9 Å². The van der Waals surface area contributed by atoms with Gasteiger partial charge in [0, 0.05) is 37.1 Å². The van der Waals surface area contributed by atoms with E-state index in [9.17, 15) is 0 Å². The van der Waals surface area contributed by atoms with E-state index in [0.717, 1.165) is 24.8 Å². The molecule has 0 spiro atoms. The predicted octanol–water partition coefficient (Wildman–Crippen LogP) is 3.24. The monoisotopic (exact) mass is 238 g/mol. The van der Waals surface area contributed by atoms with Crippen molar-refractivity contribution in [3.05, 3.63) is 24.0 Å². The van der Waals surface area contributed by atoms with Crippen molar-refractivity contribution in [2.24, 2.45) is 5.92 Å². The Morgan fingerprint density at radius 3 is 3.19 bits per heavy atom. The minimum absolute atomic E-state index is 0.763. The lowest BCUT2D eigenvalue weighted by molar-refractivity contribution is 0.406. The standard InChI is InChI=1S/C13H19ClN2/c1-11-9-15-7-5-13(11)16-8-2-3-12(10-16)4-6-14/h5,7,9,12H,2-4,6,8,10H2,1H3. The summed E-state index contributed by atoms with van der Waals surface area (Å²) in [5.74, 6) is 1.55. The SMILES string of the molecule is Cc1cnccc1N1CCCC(CCCl)C1. The molecular weight excluding hydrogens is 220 g/mol. The lowest BCUT2D eigenvalue weighted by Gasteiger charge is -2.35. The lowest BCUT2D eigenvalue weighted by Crippen LogP contribution is -2.36. The van der Waals surface area contributed by atoms with Crippen LogP contribution in [0.2, 0.25) is 0 Å². The number of pyridine rings is 1. The molecule has 1 aliphatic rings. The highest BCUT2D eigenvalue weighted by Gasteiger charge is 2.20. The number of rotatable bonds is 3. The van der Waals surface area contributed by atoms with Crippen LogP contribution in [-0.2, 0) is 0 Å². The number of anilines is 1. The van der Waals surface area contributed by atoms with Crippen molar-refractivity contribution >= 4 is 17.3 Å². The molecule has 1 saturated heterocycles. The molecule has 2 rings (SSSR count). The van der Waals surface area contributed by atoms with E-state index in [0.29, 0.717) is 0 Å². The minimum Gasteiger partial charge on any atom is -0.371 e. The third kappa shape index (κ3) is 2.67. The molecule has 2 nitrogen and oxygen atoms in total. The summed E-state index contributed by atoms with van der Waals surface area (Å²) in [5, 5.41) is 0. The van der Waals surface area contributed by atoms with Crippen LogP contribution in [-0.4, -0.2) is 24.0 Å². The first-order chi connectivity index (χ1) is 7.81. The van der Waals surface area contributed by atoms with Gasteiger partial charge in [0.1, 0.15) is 0 Å². The van der Waals surface area contributed by atoms with Gasteiger partial charge in [-0.1, -0.05) is 0 Å². The van der Waals surface area contributed by atoms with Crippen molar-refractivity contribution in [3.8, 4) is 0 Å². The van der Waals surface area contributed by atoms with Gasteiger partial charge in [-0.3, -0.25) is 4.98 Å². The molecule has 3 heteroatoms. The highest BCUT2D eigenvalue weighted by molar-refractivity contribution is 6.17. The fourth-order valence-electron chi connectivity index (χ4n) is 2.49. The van der Waals surface area contributed by atoms with Crippen LogP contribution >= 0.6 is 11.6 Å². The van der Waals surface area contributed by atoms with E-state index in [-0.39, 0.29) is 0 Å². The van der Waals surface area contributed by atoms with Gasteiger partial charge in [0.2, 0.25) is 0 Å².